The molecule has 3 aliphatic heterocycles. The second kappa shape index (κ2) is 8.17. The van der Waals surface area contributed by atoms with E-state index in [-0.39, 0.29) is 11.6 Å². The number of aromatic nitrogens is 3. The summed E-state index contributed by atoms with van der Waals surface area (Å²) in [6.45, 7) is 9.54. The monoisotopic (exact) mass is 446 g/mol. The molecule has 8 heteroatoms. The lowest BCUT2D eigenvalue weighted by atomic mass is 9.78. The first kappa shape index (κ1) is 20.7. The Morgan fingerprint density at radius 2 is 1.88 bits per heavy atom. The number of hydrogen-bond donors (Lipinski definition) is 2. The van der Waals surface area contributed by atoms with E-state index in [0.717, 1.165) is 56.5 Å². The van der Waals surface area contributed by atoms with E-state index in [0.29, 0.717) is 5.95 Å². The molecule has 2 saturated heterocycles. The minimum absolute atomic E-state index is 0.142. The number of hydrogen-bond acceptors (Lipinski definition) is 8. The van der Waals surface area contributed by atoms with Gasteiger partial charge in [0.1, 0.15) is 11.6 Å². The second-order valence-corrected chi connectivity index (χ2v) is 10.1. The van der Waals surface area contributed by atoms with Crippen molar-refractivity contribution in [3.8, 4) is 0 Å². The molecule has 1 spiro atoms. The van der Waals surface area contributed by atoms with Crippen LogP contribution in [0, 0.1) is 0 Å². The van der Waals surface area contributed by atoms with Crippen LogP contribution < -0.4 is 20.4 Å². The molecule has 0 bridgehead atoms. The Kier molecular flexibility index (Phi) is 5.13. The van der Waals surface area contributed by atoms with Crippen LogP contribution in [0.5, 0.6) is 0 Å². The Hall–Kier alpha value is -2.87. The van der Waals surface area contributed by atoms with Crippen molar-refractivity contribution in [3.63, 3.8) is 0 Å². The summed E-state index contributed by atoms with van der Waals surface area (Å²) in [6, 6.07) is 4.45. The van der Waals surface area contributed by atoms with Gasteiger partial charge in [-0.05, 0) is 32.0 Å². The van der Waals surface area contributed by atoms with E-state index in [1.54, 1.807) is 0 Å². The fourth-order valence-electron chi connectivity index (χ4n) is 6.03. The third-order valence-corrected chi connectivity index (χ3v) is 7.99. The number of anilines is 4. The lowest BCUT2D eigenvalue weighted by Gasteiger charge is -2.52. The van der Waals surface area contributed by atoms with Gasteiger partial charge in [0.2, 0.25) is 5.95 Å². The third kappa shape index (κ3) is 3.70. The van der Waals surface area contributed by atoms with Crippen LogP contribution in [0.2, 0.25) is 0 Å². The van der Waals surface area contributed by atoms with Gasteiger partial charge in [0.15, 0.2) is 0 Å². The molecule has 1 unspecified atom stereocenters. The van der Waals surface area contributed by atoms with Crippen LogP contribution in [0.1, 0.15) is 37.7 Å². The molecule has 2 aromatic rings. The predicted molar refractivity (Wildman–Crippen MR) is 132 cm³/mol. The maximum atomic E-state index is 5.02. The van der Waals surface area contributed by atoms with E-state index in [4.69, 9.17) is 4.98 Å². The van der Waals surface area contributed by atoms with Gasteiger partial charge in [0.25, 0.3) is 0 Å². The fourth-order valence-corrected chi connectivity index (χ4v) is 6.03. The van der Waals surface area contributed by atoms with Gasteiger partial charge in [0.05, 0.1) is 23.5 Å². The molecule has 33 heavy (non-hydrogen) atoms. The van der Waals surface area contributed by atoms with E-state index in [1.807, 2.05) is 18.5 Å². The zero-order chi connectivity index (χ0) is 22.4. The number of pyridine rings is 1. The van der Waals surface area contributed by atoms with Gasteiger partial charge in [-0.15, -0.1) is 0 Å². The number of likely N-dealkylation sites (N-methyl/N-ethyl adjacent to an activating group) is 1. The summed E-state index contributed by atoms with van der Waals surface area (Å²) in [4.78, 5) is 21.6. The zero-order valence-electron chi connectivity index (χ0n) is 19.6. The molecule has 2 aromatic heterocycles. The topological polar surface area (TPSA) is 72.5 Å². The molecule has 3 fully saturated rings. The van der Waals surface area contributed by atoms with Crippen molar-refractivity contribution in [2.24, 2.45) is 0 Å². The summed E-state index contributed by atoms with van der Waals surface area (Å²) < 4.78 is 0. The molecular weight excluding hydrogens is 412 g/mol. The SMILES string of the molecule is C=C1NCC2(CCCCC2)N2c3nc(Nc4ccc(N5CCN(C)CC5)cn4)ncc3CC12. The summed E-state index contributed by atoms with van der Waals surface area (Å²) in [5.41, 5.74) is 3.65. The summed E-state index contributed by atoms with van der Waals surface area (Å²) in [5, 5.41) is 6.97. The molecule has 1 aliphatic carbocycles. The van der Waals surface area contributed by atoms with E-state index in [2.05, 4.69) is 55.0 Å². The van der Waals surface area contributed by atoms with E-state index >= 15 is 0 Å². The van der Waals surface area contributed by atoms with Gasteiger partial charge >= 0.3 is 0 Å². The molecule has 0 amide bonds. The molecule has 1 atom stereocenters. The minimum atomic E-state index is 0.142. The highest BCUT2D eigenvalue weighted by molar-refractivity contribution is 5.63. The average molecular weight is 447 g/mol. The highest BCUT2D eigenvalue weighted by Gasteiger charge is 2.49. The van der Waals surface area contributed by atoms with Crippen molar-refractivity contribution in [1.29, 1.82) is 0 Å². The molecule has 0 radical (unpaired) electrons. The maximum Gasteiger partial charge on any atom is 0.230 e. The summed E-state index contributed by atoms with van der Waals surface area (Å²) >= 11 is 0. The molecule has 1 saturated carbocycles. The van der Waals surface area contributed by atoms with Gasteiger partial charge < -0.3 is 25.3 Å². The van der Waals surface area contributed by atoms with E-state index in [9.17, 15) is 0 Å². The van der Waals surface area contributed by atoms with Crippen LogP contribution in [0.15, 0.2) is 36.8 Å². The Bertz CT molecular complexity index is 1020. The van der Waals surface area contributed by atoms with Crippen LogP contribution in [0.3, 0.4) is 0 Å². The van der Waals surface area contributed by atoms with Gasteiger partial charge in [0, 0.05) is 56.6 Å². The fraction of sp³-hybridized carbons (Fsp3) is 0.560. The minimum Gasteiger partial charge on any atom is -0.385 e. The summed E-state index contributed by atoms with van der Waals surface area (Å²) in [7, 11) is 2.17. The first-order chi connectivity index (χ1) is 16.1. The van der Waals surface area contributed by atoms with Crippen molar-refractivity contribution in [3.05, 3.63) is 42.4 Å². The number of piperazine rings is 2. The van der Waals surface area contributed by atoms with Crippen molar-refractivity contribution in [2.45, 2.75) is 50.1 Å². The second-order valence-electron chi connectivity index (χ2n) is 10.1. The van der Waals surface area contributed by atoms with Gasteiger partial charge in [-0.2, -0.15) is 4.98 Å². The molecule has 4 aliphatic rings. The van der Waals surface area contributed by atoms with E-state index < -0.39 is 0 Å². The highest BCUT2D eigenvalue weighted by atomic mass is 15.4. The lowest BCUT2D eigenvalue weighted by Crippen LogP contribution is -2.64. The van der Waals surface area contributed by atoms with Crippen molar-refractivity contribution < 1.29 is 0 Å². The molecule has 6 rings (SSSR count). The quantitative estimate of drug-likeness (QED) is 0.746. The smallest absolute Gasteiger partial charge is 0.230 e. The number of rotatable bonds is 3. The van der Waals surface area contributed by atoms with Crippen LogP contribution in [-0.4, -0.2) is 71.2 Å². The number of nitrogens with one attached hydrogen (secondary N) is 2. The molecule has 8 nitrogen and oxygen atoms in total. The number of fused-ring (bicyclic) bond motifs is 4. The standard InChI is InChI=1S/C25H34N8/c1-18-21-14-19-15-27-24(30-23(19)33(21)25(17-28-18)8-4-3-5-9-25)29-22-7-6-20(16-26-22)32-12-10-31(2)11-13-32/h6-7,15-16,21,28H,1,3-5,8-14,17H2,2H3,(H,26,27,29,30). The summed E-state index contributed by atoms with van der Waals surface area (Å²) in [6.07, 6.45) is 11.2. The third-order valence-electron chi connectivity index (χ3n) is 7.99. The van der Waals surface area contributed by atoms with Gasteiger partial charge in [-0.3, -0.25) is 0 Å². The van der Waals surface area contributed by atoms with Crippen molar-refractivity contribution in [1.82, 2.24) is 25.2 Å². The maximum absolute atomic E-state index is 5.02. The molecular formula is C25H34N8. The Morgan fingerprint density at radius 1 is 1.06 bits per heavy atom. The molecule has 5 heterocycles. The van der Waals surface area contributed by atoms with Crippen LogP contribution in [0.4, 0.5) is 23.3 Å². The molecule has 0 aromatic carbocycles. The lowest BCUT2D eigenvalue weighted by molar-refractivity contribution is 0.236. The Morgan fingerprint density at radius 3 is 2.64 bits per heavy atom. The zero-order valence-corrected chi connectivity index (χ0v) is 19.6. The molecule has 174 valence electrons. The number of nitrogens with zero attached hydrogens (tertiary/aromatic N) is 6. The summed E-state index contributed by atoms with van der Waals surface area (Å²) in [5.74, 6) is 2.47. The van der Waals surface area contributed by atoms with Crippen molar-refractivity contribution in [2.75, 3.05) is 54.9 Å². The van der Waals surface area contributed by atoms with Crippen LogP contribution in [-0.2, 0) is 6.42 Å². The normalized spacial score (nSPS) is 24.4. The first-order valence-electron chi connectivity index (χ1n) is 12.4. The Labute approximate surface area is 196 Å². The van der Waals surface area contributed by atoms with E-state index in [1.165, 1.54) is 43.4 Å². The Balaban J connectivity index is 1.23. The van der Waals surface area contributed by atoms with Crippen molar-refractivity contribution >= 4 is 23.3 Å². The van der Waals surface area contributed by atoms with Crippen LogP contribution in [0.25, 0.3) is 0 Å². The highest BCUT2D eigenvalue weighted by Crippen LogP contribution is 2.46. The van der Waals surface area contributed by atoms with Crippen LogP contribution >= 0.6 is 0 Å². The largest absolute Gasteiger partial charge is 0.385 e. The average Bonchev–Trinajstić information content (AvgIpc) is 3.24. The van der Waals surface area contributed by atoms with Gasteiger partial charge in [-0.25, -0.2) is 9.97 Å². The predicted octanol–water partition coefficient (Wildman–Crippen LogP) is 2.92. The van der Waals surface area contributed by atoms with Gasteiger partial charge in [-0.1, -0.05) is 25.8 Å². The molecule has 2 N–H and O–H groups in total. The first-order valence-corrected chi connectivity index (χ1v) is 12.4.